The van der Waals surface area contributed by atoms with E-state index in [1.807, 2.05) is 6.92 Å². The number of likely N-dealkylation sites (tertiary alicyclic amines) is 1. The minimum Gasteiger partial charge on any atom is -0.481 e. The minimum atomic E-state index is -0.620. The van der Waals surface area contributed by atoms with Crippen molar-refractivity contribution in [1.29, 1.82) is 0 Å². The highest BCUT2D eigenvalue weighted by atomic mass is 16.4. The molecule has 1 saturated carbocycles. The molecule has 74 valence electrons. The Balaban J connectivity index is 1.85. The Morgan fingerprint density at radius 2 is 2.15 bits per heavy atom. The zero-order valence-electron chi connectivity index (χ0n) is 8.07. The normalized spacial score (nSPS) is 35.2. The van der Waals surface area contributed by atoms with Gasteiger partial charge in [0, 0.05) is 19.6 Å². The lowest BCUT2D eigenvalue weighted by molar-refractivity contribution is -0.142. The average Bonchev–Trinajstić information content (AvgIpc) is 2.75. The first-order valence-electron chi connectivity index (χ1n) is 5.12. The van der Waals surface area contributed by atoms with E-state index in [9.17, 15) is 4.79 Å². The van der Waals surface area contributed by atoms with Gasteiger partial charge in [0.05, 0.1) is 5.92 Å². The van der Waals surface area contributed by atoms with Crippen LogP contribution in [0.1, 0.15) is 19.8 Å². The molecule has 2 rings (SSSR count). The number of hydrogen-bond donors (Lipinski definition) is 1. The maximum absolute atomic E-state index is 10.8. The summed E-state index contributed by atoms with van der Waals surface area (Å²) in [5.41, 5.74) is 0. The molecule has 2 fully saturated rings. The lowest BCUT2D eigenvalue weighted by atomic mass is 9.99. The highest BCUT2D eigenvalue weighted by Crippen LogP contribution is 2.32. The fourth-order valence-corrected chi connectivity index (χ4v) is 2.20. The number of hydrogen-bond acceptors (Lipinski definition) is 2. The summed E-state index contributed by atoms with van der Waals surface area (Å²) in [6.45, 7) is 4.93. The van der Waals surface area contributed by atoms with Crippen LogP contribution in [0.15, 0.2) is 0 Å². The molecule has 0 spiro atoms. The standard InChI is InChI=1S/C10H17NO2/c1-7-4-11(5-8-2-3-8)6-9(7)10(12)13/h7-9H,2-6H2,1H3,(H,12,13). The quantitative estimate of drug-likeness (QED) is 0.711. The van der Waals surface area contributed by atoms with Crippen molar-refractivity contribution in [2.45, 2.75) is 19.8 Å². The first kappa shape index (κ1) is 9.00. The molecule has 2 aliphatic rings. The second-order valence-electron chi connectivity index (χ2n) is 4.58. The Hall–Kier alpha value is -0.570. The fourth-order valence-electron chi connectivity index (χ4n) is 2.20. The molecule has 0 aromatic carbocycles. The molecule has 0 aromatic rings. The minimum absolute atomic E-state index is 0.126. The summed E-state index contributed by atoms with van der Waals surface area (Å²) < 4.78 is 0. The maximum atomic E-state index is 10.8. The maximum Gasteiger partial charge on any atom is 0.308 e. The van der Waals surface area contributed by atoms with Crippen LogP contribution < -0.4 is 0 Å². The zero-order chi connectivity index (χ0) is 9.42. The van der Waals surface area contributed by atoms with Gasteiger partial charge in [-0.3, -0.25) is 4.79 Å². The third-order valence-electron chi connectivity index (χ3n) is 3.22. The summed E-state index contributed by atoms with van der Waals surface area (Å²) in [4.78, 5) is 13.2. The average molecular weight is 183 g/mol. The summed E-state index contributed by atoms with van der Waals surface area (Å²) in [5.74, 6) is 0.459. The van der Waals surface area contributed by atoms with Crippen LogP contribution in [-0.4, -0.2) is 35.6 Å². The largest absolute Gasteiger partial charge is 0.481 e. The van der Waals surface area contributed by atoms with Crippen LogP contribution in [0.4, 0.5) is 0 Å². The molecule has 3 heteroatoms. The topological polar surface area (TPSA) is 40.5 Å². The van der Waals surface area contributed by atoms with Crippen LogP contribution in [0.5, 0.6) is 0 Å². The molecule has 0 aromatic heterocycles. The van der Waals surface area contributed by atoms with Crippen molar-refractivity contribution in [3.05, 3.63) is 0 Å². The smallest absolute Gasteiger partial charge is 0.308 e. The van der Waals surface area contributed by atoms with E-state index < -0.39 is 5.97 Å². The summed E-state index contributed by atoms with van der Waals surface area (Å²) in [7, 11) is 0. The molecule has 1 saturated heterocycles. The van der Waals surface area contributed by atoms with Gasteiger partial charge in [-0.2, -0.15) is 0 Å². The number of nitrogens with zero attached hydrogens (tertiary/aromatic N) is 1. The van der Waals surface area contributed by atoms with Gasteiger partial charge in [-0.25, -0.2) is 0 Å². The first-order chi connectivity index (χ1) is 6.16. The van der Waals surface area contributed by atoms with Crippen molar-refractivity contribution in [3.63, 3.8) is 0 Å². The van der Waals surface area contributed by atoms with Crippen LogP contribution in [-0.2, 0) is 4.79 Å². The Bertz CT molecular complexity index is 213. The van der Waals surface area contributed by atoms with Crippen LogP contribution in [0, 0.1) is 17.8 Å². The molecular weight excluding hydrogens is 166 g/mol. The van der Waals surface area contributed by atoms with Crippen LogP contribution >= 0.6 is 0 Å². The van der Waals surface area contributed by atoms with Crippen molar-refractivity contribution in [3.8, 4) is 0 Å². The number of carbonyl (C=O) groups is 1. The monoisotopic (exact) mass is 183 g/mol. The molecule has 1 N–H and O–H groups in total. The summed E-state index contributed by atoms with van der Waals surface area (Å²) in [6, 6.07) is 0. The molecule has 2 unspecified atom stereocenters. The summed E-state index contributed by atoms with van der Waals surface area (Å²) in [5, 5.41) is 8.92. The molecule has 0 amide bonds. The molecular formula is C10H17NO2. The highest BCUT2D eigenvalue weighted by Gasteiger charge is 2.36. The highest BCUT2D eigenvalue weighted by molar-refractivity contribution is 5.71. The van der Waals surface area contributed by atoms with Gasteiger partial charge in [-0.1, -0.05) is 6.92 Å². The van der Waals surface area contributed by atoms with Gasteiger partial charge in [-0.15, -0.1) is 0 Å². The van der Waals surface area contributed by atoms with E-state index in [0.717, 1.165) is 25.6 Å². The molecule has 1 aliphatic carbocycles. The summed E-state index contributed by atoms with van der Waals surface area (Å²) >= 11 is 0. The van der Waals surface area contributed by atoms with Gasteiger partial charge in [0.15, 0.2) is 0 Å². The molecule has 2 atom stereocenters. The number of rotatable bonds is 3. The van der Waals surface area contributed by atoms with E-state index in [2.05, 4.69) is 4.90 Å². The van der Waals surface area contributed by atoms with Crippen LogP contribution in [0.25, 0.3) is 0 Å². The Kier molecular flexibility index (Phi) is 2.28. The lowest BCUT2D eigenvalue weighted by Crippen LogP contribution is -2.25. The predicted octanol–water partition coefficient (Wildman–Crippen LogP) is 1.05. The molecule has 1 heterocycles. The zero-order valence-corrected chi connectivity index (χ0v) is 8.07. The van der Waals surface area contributed by atoms with E-state index in [-0.39, 0.29) is 5.92 Å². The fraction of sp³-hybridized carbons (Fsp3) is 0.900. The van der Waals surface area contributed by atoms with E-state index in [1.54, 1.807) is 0 Å². The third kappa shape index (κ3) is 2.02. The number of carboxylic acids is 1. The third-order valence-corrected chi connectivity index (χ3v) is 3.22. The first-order valence-corrected chi connectivity index (χ1v) is 5.12. The molecule has 3 nitrogen and oxygen atoms in total. The Labute approximate surface area is 78.7 Å². The number of aliphatic carboxylic acids is 1. The van der Waals surface area contributed by atoms with Gasteiger partial charge in [0.2, 0.25) is 0 Å². The van der Waals surface area contributed by atoms with E-state index in [0.29, 0.717) is 5.92 Å². The van der Waals surface area contributed by atoms with Gasteiger partial charge in [0.1, 0.15) is 0 Å². The molecule has 1 aliphatic heterocycles. The van der Waals surface area contributed by atoms with E-state index in [4.69, 9.17) is 5.11 Å². The molecule has 0 bridgehead atoms. The second-order valence-corrected chi connectivity index (χ2v) is 4.58. The summed E-state index contributed by atoms with van der Waals surface area (Å²) in [6.07, 6.45) is 2.70. The van der Waals surface area contributed by atoms with Crippen molar-refractivity contribution < 1.29 is 9.90 Å². The van der Waals surface area contributed by atoms with Gasteiger partial charge in [0.25, 0.3) is 0 Å². The van der Waals surface area contributed by atoms with Crippen molar-refractivity contribution in [2.24, 2.45) is 17.8 Å². The van der Waals surface area contributed by atoms with E-state index in [1.165, 1.54) is 12.8 Å². The van der Waals surface area contributed by atoms with Crippen LogP contribution in [0.2, 0.25) is 0 Å². The van der Waals surface area contributed by atoms with Crippen LogP contribution in [0.3, 0.4) is 0 Å². The second kappa shape index (κ2) is 3.29. The van der Waals surface area contributed by atoms with Gasteiger partial charge in [-0.05, 0) is 24.7 Å². The SMILES string of the molecule is CC1CN(CC2CC2)CC1C(=O)O. The Morgan fingerprint density at radius 1 is 1.46 bits per heavy atom. The van der Waals surface area contributed by atoms with Crippen molar-refractivity contribution in [1.82, 2.24) is 4.90 Å². The Morgan fingerprint density at radius 3 is 2.62 bits per heavy atom. The number of carboxylic acid groups (broad SMARTS) is 1. The van der Waals surface area contributed by atoms with Gasteiger partial charge < -0.3 is 10.0 Å². The van der Waals surface area contributed by atoms with Gasteiger partial charge >= 0.3 is 5.97 Å². The van der Waals surface area contributed by atoms with Crippen molar-refractivity contribution in [2.75, 3.05) is 19.6 Å². The predicted molar refractivity (Wildman–Crippen MR) is 49.5 cm³/mol. The van der Waals surface area contributed by atoms with E-state index >= 15 is 0 Å². The lowest BCUT2D eigenvalue weighted by Gasteiger charge is -2.13. The van der Waals surface area contributed by atoms with Crippen molar-refractivity contribution >= 4 is 5.97 Å². The molecule has 0 radical (unpaired) electrons. The molecule has 13 heavy (non-hydrogen) atoms.